The largest absolute Gasteiger partial charge is 0.496 e. The molecule has 0 saturated carbocycles. The number of nitrogens with zero attached hydrogens (tertiary/aromatic N) is 2. The molecule has 102 valence electrons. The van der Waals surface area contributed by atoms with Gasteiger partial charge >= 0.3 is 0 Å². The smallest absolute Gasteiger partial charge is 0.152 e. The maximum Gasteiger partial charge on any atom is 0.152 e. The fourth-order valence-corrected chi connectivity index (χ4v) is 2.49. The summed E-state index contributed by atoms with van der Waals surface area (Å²) in [5.41, 5.74) is 4.50. The average Bonchev–Trinajstić information content (AvgIpc) is 2.39. The molecule has 2 aromatic rings. The summed E-state index contributed by atoms with van der Waals surface area (Å²) in [4.78, 5) is 0. The van der Waals surface area contributed by atoms with Gasteiger partial charge in [0.05, 0.1) is 12.8 Å². The normalized spacial score (nSPS) is 10.6. The number of benzene rings is 1. The Morgan fingerprint density at radius 3 is 2.60 bits per heavy atom. The van der Waals surface area contributed by atoms with E-state index in [1.807, 2.05) is 19.1 Å². The highest BCUT2D eigenvalue weighted by atomic mass is 35.5. The Kier molecular flexibility index (Phi) is 4.66. The van der Waals surface area contributed by atoms with E-state index >= 15 is 0 Å². The second kappa shape index (κ2) is 6.27. The third-order valence-corrected chi connectivity index (χ3v) is 3.32. The first-order valence-electron chi connectivity index (χ1n) is 6.53. The Hall–Kier alpha value is -1.55. The number of aryl methyl sites for hydroxylation is 2. The molecular weight excluding hydrogens is 270 g/mol. The zero-order valence-electron chi connectivity index (χ0n) is 11.9. The summed E-state index contributed by atoms with van der Waals surface area (Å²) < 4.78 is 5.47. The third-order valence-electron chi connectivity index (χ3n) is 3.14. The second-order valence-electron chi connectivity index (χ2n) is 4.71. The van der Waals surface area contributed by atoms with Gasteiger partial charge < -0.3 is 4.74 Å². The lowest BCUT2D eigenvalue weighted by Gasteiger charge is -2.16. The van der Waals surface area contributed by atoms with Gasteiger partial charge in [-0.2, -0.15) is 0 Å². The SMILES string of the molecule is [B]c1cc(CCC)c(-c2nnc(Cl)cc2C)c(OC)c1. The van der Waals surface area contributed by atoms with Gasteiger partial charge in [0.2, 0.25) is 0 Å². The zero-order valence-corrected chi connectivity index (χ0v) is 12.7. The number of rotatable bonds is 4. The quantitative estimate of drug-likeness (QED) is 0.811. The van der Waals surface area contributed by atoms with Gasteiger partial charge in [-0.1, -0.05) is 36.5 Å². The van der Waals surface area contributed by atoms with Crippen LogP contribution in [0.1, 0.15) is 24.5 Å². The van der Waals surface area contributed by atoms with Crippen LogP contribution in [-0.2, 0) is 6.42 Å². The number of aromatic nitrogens is 2. The highest BCUT2D eigenvalue weighted by Crippen LogP contribution is 2.34. The monoisotopic (exact) mass is 286 g/mol. The molecular formula is C15H16BClN2O. The van der Waals surface area contributed by atoms with E-state index in [1.165, 1.54) is 0 Å². The first kappa shape index (κ1) is 14.9. The van der Waals surface area contributed by atoms with Crippen LogP contribution in [0.5, 0.6) is 5.75 Å². The molecule has 5 heteroatoms. The van der Waals surface area contributed by atoms with Gasteiger partial charge in [0.25, 0.3) is 0 Å². The molecule has 1 heterocycles. The summed E-state index contributed by atoms with van der Waals surface area (Å²) in [6.07, 6.45) is 1.92. The van der Waals surface area contributed by atoms with Crippen molar-refractivity contribution in [3.8, 4) is 17.0 Å². The lowest BCUT2D eigenvalue weighted by Crippen LogP contribution is -2.08. The van der Waals surface area contributed by atoms with Crippen LogP contribution < -0.4 is 10.2 Å². The number of halogens is 1. The van der Waals surface area contributed by atoms with E-state index < -0.39 is 0 Å². The van der Waals surface area contributed by atoms with Crippen LogP contribution in [0, 0.1) is 6.92 Å². The van der Waals surface area contributed by atoms with Gasteiger partial charge in [0, 0.05) is 5.56 Å². The first-order chi connectivity index (χ1) is 9.56. The summed E-state index contributed by atoms with van der Waals surface area (Å²) in [7, 11) is 7.57. The van der Waals surface area contributed by atoms with Crippen LogP contribution in [0.25, 0.3) is 11.3 Å². The second-order valence-corrected chi connectivity index (χ2v) is 5.09. The first-order valence-corrected chi connectivity index (χ1v) is 6.91. The van der Waals surface area contributed by atoms with Gasteiger partial charge in [0.15, 0.2) is 5.15 Å². The van der Waals surface area contributed by atoms with Crippen LogP contribution >= 0.6 is 11.6 Å². The Bertz CT molecular complexity index is 632. The lowest BCUT2D eigenvalue weighted by atomic mass is 9.88. The minimum absolute atomic E-state index is 0.387. The summed E-state index contributed by atoms with van der Waals surface area (Å²) >= 11 is 5.88. The Balaban J connectivity index is 2.69. The highest BCUT2D eigenvalue weighted by molar-refractivity contribution is 6.32. The van der Waals surface area contributed by atoms with E-state index in [2.05, 4.69) is 17.1 Å². The average molecular weight is 287 g/mol. The van der Waals surface area contributed by atoms with Gasteiger partial charge in [-0.3, -0.25) is 0 Å². The van der Waals surface area contributed by atoms with Gasteiger partial charge in [-0.15, -0.1) is 10.2 Å². The molecule has 2 rings (SSSR count). The molecule has 0 spiro atoms. The minimum Gasteiger partial charge on any atom is -0.496 e. The molecule has 20 heavy (non-hydrogen) atoms. The lowest BCUT2D eigenvalue weighted by molar-refractivity contribution is 0.416. The van der Waals surface area contributed by atoms with E-state index in [4.69, 9.17) is 24.2 Å². The van der Waals surface area contributed by atoms with E-state index in [0.717, 1.165) is 35.2 Å². The van der Waals surface area contributed by atoms with Crippen LogP contribution in [-0.4, -0.2) is 25.2 Å². The molecule has 0 N–H and O–H groups in total. The van der Waals surface area contributed by atoms with Crippen molar-refractivity contribution in [3.63, 3.8) is 0 Å². The Morgan fingerprint density at radius 2 is 2.00 bits per heavy atom. The fraction of sp³-hybridized carbons (Fsp3) is 0.333. The molecule has 0 atom stereocenters. The summed E-state index contributed by atoms with van der Waals surface area (Å²) in [6.45, 7) is 4.08. The molecule has 0 fully saturated rings. The van der Waals surface area contributed by atoms with Crippen LogP contribution in [0.3, 0.4) is 0 Å². The standard InChI is InChI=1S/C15H16BClN2O/c1-4-5-10-7-11(16)8-12(20-3)14(10)15-9(2)6-13(17)18-19-15/h6-8H,4-5H2,1-3H3. The van der Waals surface area contributed by atoms with Crippen LogP contribution in [0.2, 0.25) is 5.15 Å². The third kappa shape index (κ3) is 2.96. The Morgan fingerprint density at radius 1 is 1.25 bits per heavy atom. The molecule has 0 aliphatic rings. The molecule has 3 nitrogen and oxygen atoms in total. The zero-order chi connectivity index (χ0) is 14.7. The van der Waals surface area contributed by atoms with Crippen molar-refractivity contribution in [3.05, 3.63) is 34.5 Å². The van der Waals surface area contributed by atoms with Crippen molar-refractivity contribution < 1.29 is 4.74 Å². The van der Waals surface area contributed by atoms with Crippen molar-refractivity contribution in [1.82, 2.24) is 10.2 Å². The Labute approximate surface area is 125 Å². The molecule has 0 unspecified atom stereocenters. The van der Waals surface area contributed by atoms with Crippen LogP contribution in [0.15, 0.2) is 18.2 Å². The highest BCUT2D eigenvalue weighted by Gasteiger charge is 2.16. The minimum atomic E-state index is 0.387. The summed E-state index contributed by atoms with van der Waals surface area (Å²) in [6, 6.07) is 5.58. The van der Waals surface area contributed by atoms with E-state index in [9.17, 15) is 0 Å². The molecule has 0 aliphatic heterocycles. The summed E-state index contributed by atoms with van der Waals surface area (Å²) in [5, 5.41) is 8.56. The van der Waals surface area contributed by atoms with Crippen molar-refractivity contribution in [1.29, 1.82) is 0 Å². The van der Waals surface area contributed by atoms with E-state index in [-0.39, 0.29) is 0 Å². The maximum absolute atomic E-state index is 5.94. The van der Waals surface area contributed by atoms with Crippen molar-refractivity contribution in [2.75, 3.05) is 7.11 Å². The van der Waals surface area contributed by atoms with Gasteiger partial charge in [0.1, 0.15) is 13.6 Å². The number of ether oxygens (including phenoxy) is 1. The number of hydrogen-bond donors (Lipinski definition) is 0. The predicted octanol–water partition coefficient (Wildman–Crippen LogP) is 2.86. The number of methoxy groups -OCH3 is 1. The molecule has 0 aliphatic carbocycles. The summed E-state index contributed by atoms with van der Waals surface area (Å²) in [5.74, 6) is 0.716. The molecule has 1 aromatic carbocycles. The predicted molar refractivity (Wildman–Crippen MR) is 83.2 cm³/mol. The topological polar surface area (TPSA) is 35.0 Å². The molecule has 0 saturated heterocycles. The fourth-order valence-electron chi connectivity index (χ4n) is 2.29. The van der Waals surface area contributed by atoms with Crippen molar-refractivity contribution in [2.45, 2.75) is 26.7 Å². The molecule has 1 aromatic heterocycles. The van der Waals surface area contributed by atoms with Crippen LogP contribution in [0.4, 0.5) is 0 Å². The van der Waals surface area contributed by atoms with E-state index in [1.54, 1.807) is 13.2 Å². The van der Waals surface area contributed by atoms with Gasteiger partial charge in [-0.25, -0.2) is 0 Å². The van der Waals surface area contributed by atoms with Crippen molar-refractivity contribution in [2.24, 2.45) is 0 Å². The molecule has 0 amide bonds. The molecule has 0 bridgehead atoms. The van der Waals surface area contributed by atoms with Gasteiger partial charge in [-0.05, 0) is 36.6 Å². The van der Waals surface area contributed by atoms with Crippen molar-refractivity contribution >= 4 is 24.9 Å². The maximum atomic E-state index is 5.94. The number of hydrogen-bond acceptors (Lipinski definition) is 3. The molecule has 2 radical (unpaired) electrons. The van der Waals surface area contributed by atoms with E-state index in [0.29, 0.717) is 16.4 Å².